The van der Waals surface area contributed by atoms with E-state index in [4.69, 9.17) is 0 Å². The Hall–Kier alpha value is -1.44. The van der Waals surface area contributed by atoms with Crippen molar-refractivity contribution >= 4 is 21.7 Å². The van der Waals surface area contributed by atoms with Gasteiger partial charge in [0.1, 0.15) is 5.82 Å². The lowest BCUT2D eigenvalue weighted by Crippen LogP contribution is -2.24. The molecule has 0 saturated carbocycles. The first-order valence-corrected chi connectivity index (χ1v) is 6.69. The van der Waals surface area contributed by atoms with Crippen LogP contribution in [0.5, 0.6) is 0 Å². The molecule has 1 aliphatic heterocycles. The Morgan fingerprint density at radius 3 is 2.81 bits per heavy atom. The van der Waals surface area contributed by atoms with Gasteiger partial charge in [0.05, 0.1) is 17.4 Å². The fourth-order valence-electron chi connectivity index (χ4n) is 1.61. The molecule has 1 atom stereocenters. The zero-order valence-corrected chi connectivity index (χ0v) is 9.54. The molecule has 88 valence electrons. The van der Waals surface area contributed by atoms with Gasteiger partial charge in [-0.25, -0.2) is 8.42 Å². The third-order valence-electron chi connectivity index (χ3n) is 2.44. The lowest BCUT2D eigenvalue weighted by molar-refractivity contribution is -0.119. The molecule has 2 rings (SSSR count). The van der Waals surface area contributed by atoms with Gasteiger partial charge in [0.15, 0.2) is 9.84 Å². The fraction of sp³-hybridized carbons (Fsp3) is 0.625. The zero-order chi connectivity index (χ0) is 11.8. The predicted molar refractivity (Wildman–Crippen MR) is 56.5 cm³/mol. The van der Waals surface area contributed by atoms with Crippen molar-refractivity contribution in [3.63, 3.8) is 0 Å². The molecule has 0 aliphatic carbocycles. The smallest absolute Gasteiger partial charge is 0.248 e. The lowest BCUT2D eigenvalue weighted by atomic mass is 10.1. The fourth-order valence-corrected chi connectivity index (χ4v) is 3.35. The summed E-state index contributed by atoms with van der Waals surface area (Å²) in [5.41, 5.74) is 0. The van der Waals surface area contributed by atoms with Gasteiger partial charge in [-0.1, -0.05) is 0 Å². The largest absolute Gasteiger partial charge is 0.293 e. The van der Waals surface area contributed by atoms with Crippen LogP contribution in [0, 0.1) is 12.8 Å². The normalized spacial score (nSPS) is 23.2. The Morgan fingerprint density at radius 2 is 2.31 bits per heavy atom. The molecule has 1 aromatic heterocycles. The molecule has 1 unspecified atom stereocenters. The third-order valence-corrected chi connectivity index (χ3v) is 4.20. The summed E-state index contributed by atoms with van der Waals surface area (Å²) in [7, 11) is -3.04. The predicted octanol–water partition coefficient (Wildman–Crippen LogP) is -0.514. The summed E-state index contributed by atoms with van der Waals surface area (Å²) in [5.74, 6) is -0.0367. The molecular formula is C8H12N4O3S. The van der Waals surface area contributed by atoms with Crippen molar-refractivity contribution in [2.24, 2.45) is 5.92 Å². The quantitative estimate of drug-likeness (QED) is 0.728. The highest BCUT2D eigenvalue weighted by Gasteiger charge is 2.33. The van der Waals surface area contributed by atoms with Crippen LogP contribution in [0.4, 0.5) is 5.95 Å². The number of carbonyl (C=O) groups excluding carboxylic acids is 1. The monoisotopic (exact) mass is 244 g/mol. The first-order valence-electron chi connectivity index (χ1n) is 4.86. The number of aromatic nitrogens is 3. The van der Waals surface area contributed by atoms with Gasteiger partial charge >= 0.3 is 0 Å². The Labute approximate surface area is 92.6 Å². The number of nitrogens with one attached hydrogen (secondary N) is 2. The van der Waals surface area contributed by atoms with Crippen LogP contribution in [0.2, 0.25) is 0 Å². The lowest BCUT2D eigenvalue weighted by Gasteiger charge is -2.05. The number of hydrogen-bond donors (Lipinski definition) is 2. The minimum Gasteiger partial charge on any atom is -0.293 e. The molecule has 1 amide bonds. The van der Waals surface area contributed by atoms with Crippen molar-refractivity contribution in [2.75, 3.05) is 16.8 Å². The van der Waals surface area contributed by atoms with E-state index in [-0.39, 0.29) is 23.4 Å². The molecule has 2 N–H and O–H groups in total. The average molecular weight is 244 g/mol. The van der Waals surface area contributed by atoms with Gasteiger partial charge < -0.3 is 0 Å². The van der Waals surface area contributed by atoms with Crippen LogP contribution in [0.25, 0.3) is 0 Å². The van der Waals surface area contributed by atoms with E-state index >= 15 is 0 Å². The molecule has 1 saturated heterocycles. The maximum Gasteiger partial charge on any atom is 0.248 e. The first kappa shape index (κ1) is 11.1. The number of aromatic amines is 1. The van der Waals surface area contributed by atoms with E-state index in [1.165, 1.54) is 0 Å². The number of sulfone groups is 1. The van der Waals surface area contributed by atoms with E-state index in [0.29, 0.717) is 12.2 Å². The molecule has 16 heavy (non-hydrogen) atoms. The number of hydrogen-bond acceptors (Lipinski definition) is 5. The number of nitrogens with zero attached hydrogens (tertiary/aromatic N) is 2. The van der Waals surface area contributed by atoms with Crippen molar-refractivity contribution < 1.29 is 13.2 Å². The van der Waals surface area contributed by atoms with Gasteiger partial charge in [-0.2, -0.15) is 4.98 Å². The van der Waals surface area contributed by atoms with Crippen molar-refractivity contribution in [3.8, 4) is 0 Å². The van der Waals surface area contributed by atoms with Crippen LogP contribution in [0.1, 0.15) is 12.2 Å². The van der Waals surface area contributed by atoms with E-state index in [1.54, 1.807) is 6.92 Å². The van der Waals surface area contributed by atoms with Gasteiger partial charge in [-0.3, -0.25) is 15.2 Å². The second-order valence-corrected chi connectivity index (χ2v) is 6.06. The van der Waals surface area contributed by atoms with E-state index in [9.17, 15) is 13.2 Å². The van der Waals surface area contributed by atoms with Crippen LogP contribution < -0.4 is 5.32 Å². The summed E-state index contributed by atoms with van der Waals surface area (Å²) in [6.45, 7) is 1.71. The van der Waals surface area contributed by atoms with Crippen LogP contribution in [0.15, 0.2) is 0 Å². The minimum atomic E-state index is -3.04. The maximum absolute atomic E-state index is 11.6. The molecule has 8 heteroatoms. The molecule has 2 heterocycles. The number of H-pyrrole nitrogens is 1. The Bertz CT molecular complexity index is 507. The molecule has 1 fully saturated rings. The van der Waals surface area contributed by atoms with Crippen molar-refractivity contribution in [2.45, 2.75) is 13.3 Å². The summed E-state index contributed by atoms with van der Waals surface area (Å²) >= 11 is 0. The van der Waals surface area contributed by atoms with Crippen molar-refractivity contribution in [3.05, 3.63) is 5.82 Å². The highest BCUT2D eigenvalue weighted by molar-refractivity contribution is 7.91. The van der Waals surface area contributed by atoms with E-state index in [0.717, 1.165) is 0 Å². The van der Waals surface area contributed by atoms with Crippen LogP contribution >= 0.6 is 0 Å². The SMILES string of the molecule is Cc1nc(NC(=O)C2CCS(=O)(=O)C2)n[nH]1. The summed E-state index contributed by atoms with van der Waals surface area (Å²) in [5, 5.41) is 8.82. The Kier molecular flexibility index (Phi) is 2.66. The molecule has 7 nitrogen and oxygen atoms in total. The zero-order valence-electron chi connectivity index (χ0n) is 8.73. The summed E-state index contributed by atoms with van der Waals surface area (Å²) in [6, 6.07) is 0. The Morgan fingerprint density at radius 1 is 1.56 bits per heavy atom. The van der Waals surface area contributed by atoms with Gasteiger partial charge in [0, 0.05) is 0 Å². The highest BCUT2D eigenvalue weighted by Crippen LogP contribution is 2.19. The number of aryl methyl sites for hydroxylation is 1. The summed E-state index contributed by atoms with van der Waals surface area (Å²) < 4.78 is 22.4. The standard InChI is InChI=1S/C8H12N4O3S/c1-5-9-8(12-11-5)10-7(13)6-2-3-16(14,15)4-6/h6H,2-4H2,1H3,(H2,9,10,11,12,13). The molecule has 0 radical (unpaired) electrons. The van der Waals surface area contributed by atoms with Crippen LogP contribution in [0.3, 0.4) is 0 Å². The van der Waals surface area contributed by atoms with Crippen molar-refractivity contribution in [1.82, 2.24) is 15.2 Å². The van der Waals surface area contributed by atoms with E-state index in [1.807, 2.05) is 0 Å². The van der Waals surface area contributed by atoms with Crippen molar-refractivity contribution in [1.29, 1.82) is 0 Å². The highest BCUT2D eigenvalue weighted by atomic mass is 32.2. The van der Waals surface area contributed by atoms with Gasteiger partial charge in [0.2, 0.25) is 11.9 Å². The second-order valence-electron chi connectivity index (χ2n) is 3.83. The summed E-state index contributed by atoms with van der Waals surface area (Å²) in [4.78, 5) is 15.6. The van der Waals surface area contributed by atoms with E-state index < -0.39 is 15.8 Å². The van der Waals surface area contributed by atoms with Gasteiger partial charge in [-0.05, 0) is 13.3 Å². The maximum atomic E-state index is 11.6. The molecular weight excluding hydrogens is 232 g/mol. The molecule has 0 aromatic carbocycles. The summed E-state index contributed by atoms with van der Waals surface area (Å²) in [6.07, 6.45) is 0.373. The number of anilines is 1. The molecule has 1 aromatic rings. The minimum absolute atomic E-state index is 0.0811. The molecule has 1 aliphatic rings. The number of rotatable bonds is 2. The number of carbonyl (C=O) groups is 1. The van der Waals surface area contributed by atoms with Gasteiger partial charge in [0.25, 0.3) is 0 Å². The third kappa shape index (κ3) is 2.38. The topological polar surface area (TPSA) is 105 Å². The van der Waals surface area contributed by atoms with Gasteiger partial charge in [-0.15, -0.1) is 5.10 Å². The molecule has 0 spiro atoms. The number of amides is 1. The Balaban J connectivity index is 1.99. The first-order chi connectivity index (χ1) is 7.46. The average Bonchev–Trinajstić information content (AvgIpc) is 2.72. The van der Waals surface area contributed by atoms with Crippen LogP contribution in [-0.2, 0) is 14.6 Å². The second kappa shape index (κ2) is 3.85. The van der Waals surface area contributed by atoms with Crippen LogP contribution in [-0.4, -0.2) is 41.0 Å². The van der Waals surface area contributed by atoms with E-state index in [2.05, 4.69) is 20.5 Å². The molecule has 0 bridgehead atoms.